The van der Waals surface area contributed by atoms with E-state index in [4.69, 9.17) is 0 Å². The van der Waals surface area contributed by atoms with E-state index in [1.807, 2.05) is 0 Å². The fraction of sp³-hybridized carbons (Fsp3) is 0.625. The number of rotatable bonds is 1. The lowest BCUT2D eigenvalue weighted by Crippen LogP contribution is -2.27. The molecule has 0 aromatic heterocycles. The van der Waals surface area contributed by atoms with Crippen LogP contribution in [0.3, 0.4) is 0 Å². The van der Waals surface area contributed by atoms with Crippen LogP contribution in [0.5, 0.6) is 0 Å². The standard InChI is InChI=1S/C16H24N2/c1-2-4-11-18(12-5-3-1)15-8-9-16-14(13-15)7-6-10-17-16/h8-9,13,17H,1-7,10-12H2. The summed E-state index contributed by atoms with van der Waals surface area (Å²) in [6.07, 6.45) is 9.47. The maximum atomic E-state index is 3.50. The van der Waals surface area contributed by atoms with E-state index in [1.165, 1.54) is 75.0 Å². The second-order valence-electron chi connectivity index (χ2n) is 5.63. The Morgan fingerprint density at radius 3 is 2.50 bits per heavy atom. The summed E-state index contributed by atoms with van der Waals surface area (Å²) in [7, 11) is 0. The molecule has 1 fully saturated rings. The molecular weight excluding hydrogens is 220 g/mol. The molecule has 1 aromatic carbocycles. The number of hydrogen-bond acceptors (Lipinski definition) is 2. The minimum atomic E-state index is 1.13. The van der Waals surface area contributed by atoms with Gasteiger partial charge in [-0.1, -0.05) is 19.3 Å². The van der Waals surface area contributed by atoms with E-state index >= 15 is 0 Å². The van der Waals surface area contributed by atoms with Crippen molar-refractivity contribution < 1.29 is 0 Å². The Balaban J connectivity index is 1.77. The Labute approximate surface area is 110 Å². The zero-order valence-corrected chi connectivity index (χ0v) is 11.3. The number of aryl methyl sites for hydroxylation is 1. The summed E-state index contributed by atoms with van der Waals surface area (Å²) in [4.78, 5) is 2.59. The van der Waals surface area contributed by atoms with Crippen LogP contribution in [-0.4, -0.2) is 19.6 Å². The van der Waals surface area contributed by atoms with Gasteiger partial charge in [-0.15, -0.1) is 0 Å². The average Bonchev–Trinajstić information content (AvgIpc) is 2.38. The van der Waals surface area contributed by atoms with Crippen molar-refractivity contribution in [2.45, 2.75) is 44.9 Å². The maximum absolute atomic E-state index is 3.50. The van der Waals surface area contributed by atoms with Gasteiger partial charge in [0.25, 0.3) is 0 Å². The van der Waals surface area contributed by atoms with E-state index in [-0.39, 0.29) is 0 Å². The van der Waals surface area contributed by atoms with Crippen molar-refractivity contribution >= 4 is 11.4 Å². The van der Waals surface area contributed by atoms with Gasteiger partial charge in [-0.3, -0.25) is 0 Å². The Bertz CT molecular complexity index is 392. The first kappa shape index (κ1) is 11.9. The summed E-state index contributed by atoms with van der Waals surface area (Å²) in [6.45, 7) is 3.62. The number of anilines is 2. The molecule has 0 atom stereocenters. The summed E-state index contributed by atoms with van der Waals surface area (Å²) in [5.74, 6) is 0. The van der Waals surface area contributed by atoms with Gasteiger partial charge in [0.05, 0.1) is 0 Å². The number of benzene rings is 1. The van der Waals surface area contributed by atoms with Crippen molar-refractivity contribution in [3.05, 3.63) is 23.8 Å². The Morgan fingerprint density at radius 1 is 0.889 bits per heavy atom. The minimum Gasteiger partial charge on any atom is -0.385 e. The van der Waals surface area contributed by atoms with E-state index in [9.17, 15) is 0 Å². The first-order valence-electron chi connectivity index (χ1n) is 7.55. The van der Waals surface area contributed by atoms with Gasteiger partial charge in [0.2, 0.25) is 0 Å². The molecule has 1 saturated heterocycles. The first-order chi connectivity index (χ1) is 8.93. The molecule has 2 nitrogen and oxygen atoms in total. The minimum absolute atomic E-state index is 1.13. The molecule has 2 aliphatic rings. The third kappa shape index (κ3) is 2.63. The number of fused-ring (bicyclic) bond motifs is 1. The SMILES string of the molecule is c1cc2c(cc1N1CCCCCCC1)CCCN2. The maximum Gasteiger partial charge on any atom is 0.0374 e. The lowest BCUT2D eigenvalue weighted by molar-refractivity contribution is 0.556. The monoisotopic (exact) mass is 244 g/mol. The van der Waals surface area contributed by atoms with Gasteiger partial charge in [0, 0.05) is 31.0 Å². The van der Waals surface area contributed by atoms with Gasteiger partial charge in [0.15, 0.2) is 0 Å². The van der Waals surface area contributed by atoms with E-state index in [0.717, 1.165) is 6.54 Å². The molecule has 0 radical (unpaired) electrons. The van der Waals surface area contributed by atoms with Crippen LogP contribution < -0.4 is 10.2 Å². The van der Waals surface area contributed by atoms with Gasteiger partial charge in [0.1, 0.15) is 0 Å². The molecule has 0 bridgehead atoms. The van der Waals surface area contributed by atoms with Gasteiger partial charge < -0.3 is 10.2 Å². The predicted molar refractivity (Wildman–Crippen MR) is 78.6 cm³/mol. The number of hydrogen-bond donors (Lipinski definition) is 1. The molecule has 2 heteroatoms. The van der Waals surface area contributed by atoms with E-state index in [1.54, 1.807) is 0 Å². The molecule has 1 aromatic rings. The van der Waals surface area contributed by atoms with Crippen molar-refractivity contribution in [2.24, 2.45) is 0 Å². The molecule has 1 N–H and O–H groups in total. The Hall–Kier alpha value is -1.18. The zero-order chi connectivity index (χ0) is 12.2. The highest BCUT2D eigenvalue weighted by molar-refractivity contribution is 5.61. The molecule has 98 valence electrons. The summed E-state index contributed by atoms with van der Waals surface area (Å²) in [5.41, 5.74) is 4.32. The molecule has 2 aliphatic heterocycles. The molecule has 0 aliphatic carbocycles. The lowest BCUT2D eigenvalue weighted by Gasteiger charge is -2.28. The van der Waals surface area contributed by atoms with Crippen LogP contribution in [-0.2, 0) is 6.42 Å². The topological polar surface area (TPSA) is 15.3 Å². The third-order valence-corrected chi connectivity index (χ3v) is 4.25. The molecule has 0 amide bonds. The fourth-order valence-electron chi connectivity index (χ4n) is 3.16. The van der Waals surface area contributed by atoms with E-state index < -0.39 is 0 Å². The largest absolute Gasteiger partial charge is 0.385 e. The third-order valence-electron chi connectivity index (χ3n) is 4.25. The highest BCUT2D eigenvalue weighted by atomic mass is 15.1. The zero-order valence-electron chi connectivity index (χ0n) is 11.3. The molecule has 18 heavy (non-hydrogen) atoms. The number of nitrogens with zero attached hydrogens (tertiary/aromatic N) is 1. The Kier molecular flexibility index (Phi) is 3.72. The van der Waals surface area contributed by atoms with Crippen LogP contribution in [0.4, 0.5) is 11.4 Å². The second-order valence-corrected chi connectivity index (χ2v) is 5.63. The number of nitrogens with one attached hydrogen (secondary N) is 1. The highest BCUT2D eigenvalue weighted by Crippen LogP contribution is 2.28. The summed E-state index contributed by atoms with van der Waals surface area (Å²) in [6, 6.07) is 7.00. The molecular formula is C16H24N2. The van der Waals surface area contributed by atoms with E-state index in [2.05, 4.69) is 28.4 Å². The summed E-state index contributed by atoms with van der Waals surface area (Å²) >= 11 is 0. The predicted octanol–water partition coefficient (Wildman–Crippen LogP) is 3.82. The van der Waals surface area contributed by atoms with Crippen LogP contribution in [0.25, 0.3) is 0 Å². The van der Waals surface area contributed by atoms with Crippen molar-refractivity contribution in [3.8, 4) is 0 Å². The normalized spacial score (nSPS) is 20.6. The summed E-state index contributed by atoms with van der Waals surface area (Å²) in [5, 5.41) is 3.50. The average molecular weight is 244 g/mol. The van der Waals surface area contributed by atoms with Crippen molar-refractivity contribution in [1.82, 2.24) is 0 Å². The molecule has 0 spiro atoms. The van der Waals surface area contributed by atoms with Crippen LogP contribution in [0.15, 0.2) is 18.2 Å². The lowest BCUT2D eigenvalue weighted by atomic mass is 10.0. The summed E-state index contributed by atoms with van der Waals surface area (Å²) < 4.78 is 0. The van der Waals surface area contributed by atoms with E-state index in [0.29, 0.717) is 0 Å². The first-order valence-corrected chi connectivity index (χ1v) is 7.55. The van der Waals surface area contributed by atoms with Crippen LogP contribution in [0, 0.1) is 0 Å². The van der Waals surface area contributed by atoms with Crippen LogP contribution in [0.2, 0.25) is 0 Å². The quantitative estimate of drug-likeness (QED) is 0.808. The second kappa shape index (κ2) is 5.64. The van der Waals surface area contributed by atoms with Gasteiger partial charge in [-0.05, 0) is 49.4 Å². The smallest absolute Gasteiger partial charge is 0.0374 e. The van der Waals surface area contributed by atoms with Crippen molar-refractivity contribution in [1.29, 1.82) is 0 Å². The van der Waals surface area contributed by atoms with Crippen molar-refractivity contribution in [3.63, 3.8) is 0 Å². The Morgan fingerprint density at radius 2 is 1.67 bits per heavy atom. The van der Waals surface area contributed by atoms with Crippen LogP contribution >= 0.6 is 0 Å². The van der Waals surface area contributed by atoms with Gasteiger partial charge >= 0.3 is 0 Å². The van der Waals surface area contributed by atoms with Crippen molar-refractivity contribution in [2.75, 3.05) is 29.9 Å². The molecule has 2 heterocycles. The van der Waals surface area contributed by atoms with Gasteiger partial charge in [-0.25, -0.2) is 0 Å². The molecule has 3 rings (SSSR count). The molecule has 0 saturated carbocycles. The highest BCUT2D eigenvalue weighted by Gasteiger charge is 2.13. The molecule has 0 unspecified atom stereocenters. The van der Waals surface area contributed by atoms with Gasteiger partial charge in [-0.2, -0.15) is 0 Å². The van der Waals surface area contributed by atoms with Crippen LogP contribution in [0.1, 0.15) is 44.1 Å². The fourth-order valence-corrected chi connectivity index (χ4v) is 3.16.